The Bertz CT molecular complexity index is 826. The highest BCUT2D eigenvalue weighted by Crippen LogP contribution is 2.44. The van der Waals surface area contributed by atoms with Crippen molar-refractivity contribution in [3.05, 3.63) is 35.5 Å². The van der Waals surface area contributed by atoms with Crippen molar-refractivity contribution in [1.82, 2.24) is 20.5 Å². The van der Waals surface area contributed by atoms with Crippen molar-refractivity contribution in [1.29, 1.82) is 5.41 Å². The average molecular weight is 339 g/mol. The van der Waals surface area contributed by atoms with Crippen molar-refractivity contribution in [3.8, 4) is 0 Å². The summed E-state index contributed by atoms with van der Waals surface area (Å²) in [5, 5.41) is 14.7. The molecular formula is C19H25N5O. The standard InChI is InChI=1S/C19H25N5O/c1-11(25)23-19(20)22-8-12-6-15-14-4-3-5-16-18(14)13(9-21-16)7-17(15)24(2)10-12/h3-5,9,12,15,17,21H,6-8,10H2,1-2H3,(H3,20,22,23,25)/t12-,15?,17+/m0/s1. The summed E-state index contributed by atoms with van der Waals surface area (Å²) in [6.07, 6.45) is 4.37. The normalized spacial score (nSPS) is 25.4. The summed E-state index contributed by atoms with van der Waals surface area (Å²) in [6, 6.07) is 7.12. The van der Waals surface area contributed by atoms with Crippen LogP contribution in [0, 0.1) is 11.3 Å². The van der Waals surface area contributed by atoms with Gasteiger partial charge in [0.2, 0.25) is 5.91 Å². The van der Waals surface area contributed by atoms with Gasteiger partial charge >= 0.3 is 0 Å². The number of rotatable bonds is 2. The van der Waals surface area contributed by atoms with E-state index in [1.807, 2.05) is 0 Å². The van der Waals surface area contributed by atoms with E-state index in [1.54, 1.807) is 0 Å². The van der Waals surface area contributed by atoms with Crippen LogP contribution in [0.1, 0.15) is 30.4 Å². The monoisotopic (exact) mass is 339 g/mol. The van der Waals surface area contributed by atoms with Gasteiger partial charge < -0.3 is 15.2 Å². The third-order valence-corrected chi connectivity index (χ3v) is 5.68. The molecule has 1 aliphatic heterocycles. The SMILES string of the molecule is CC(=O)NC(=N)NC[C@@H]1CC2c3cccc4[nH]cc(c34)C[C@H]2N(C)C1. The number of likely N-dealkylation sites (N-methyl/N-ethyl adjacent to an activating group) is 1. The second kappa shape index (κ2) is 6.19. The van der Waals surface area contributed by atoms with Crippen LogP contribution in [-0.2, 0) is 11.2 Å². The molecule has 0 spiro atoms. The van der Waals surface area contributed by atoms with Gasteiger partial charge in [-0.05, 0) is 43.0 Å². The number of aromatic nitrogens is 1. The molecule has 1 unspecified atom stereocenters. The molecule has 1 aromatic heterocycles. The lowest BCUT2D eigenvalue weighted by atomic mass is 9.72. The van der Waals surface area contributed by atoms with E-state index in [4.69, 9.17) is 5.41 Å². The summed E-state index contributed by atoms with van der Waals surface area (Å²) < 4.78 is 0. The Hall–Kier alpha value is -2.34. The first kappa shape index (κ1) is 16.1. The third-order valence-electron chi connectivity index (χ3n) is 5.68. The minimum Gasteiger partial charge on any atom is -0.361 e. The van der Waals surface area contributed by atoms with Gasteiger partial charge in [0.05, 0.1) is 0 Å². The number of carbonyl (C=O) groups excluding carboxylic acids is 1. The summed E-state index contributed by atoms with van der Waals surface area (Å²) in [5.41, 5.74) is 4.13. The molecule has 1 fully saturated rings. The summed E-state index contributed by atoms with van der Waals surface area (Å²) in [7, 11) is 2.21. The summed E-state index contributed by atoms with van der Waals surface area (Å²) in [4.78, 5) is 16.9. The smallest absolute Gasteiger partial charge is 0.223 e. The lowest BCUT2D eigenvalue weighted by molar-refractivity contribution is -0.117. The van der Waals surface area contributed by atoms with E-state index in [1.165, 1.54) is 29.0 Å². The highest BCUT2D eigenvalue weighted by Gasteiger charge is 2.39. The van der Waals surface area contributed by atoms with Gasteiger partial charge in [0.25, 0.3) is 0 Å². The van der Waals surface area contributed by atoms with Crippen LogP contribution in [0.25, 0.3) is 10.9 Å². The highest BCUT2D eigenvalue weighted by molar-refractivity contribution is 5.94. The third kappa shape index (κ3) is 2.91. The first-order chi connectivity index (χ1) is 12.0. The van der Waals surface area contributed by atoms with Gasteiger partial charge in [-0.1, -0.05) is 12.1 Å². The number of hydrogen-bond donors (Lipinski definition) is 4. The molecule has 2 aliphatic rings. The molecule has 0 saturated carbocycles. The number of aromatic amines is 1. The summed E-state index contributed by atoms with van der Waals surface area (Å²) in [6.45, 7) is 3.15. The number of piperidine rings is 1. The fourth-order valence-corrected chi connectivity index (χ4v) is 4.67. The molecule has 1 aromatic carbocycles. The maximum atomic E-state index is 11.0. The molecule has 2 heterocycles. The Morgan fingerprint density at radius 1 is 1.44 bits per heavy atom. The first-order valence-electron chi connectivity index (χ1n) is 8.92. The molecule has 3 atom stereocenters. The molecule has 6 nitrogen and oxygen atoms in total. The van der Waals surface area contributed by atoms with Crippen molar-refractivity contribution in [2.24, 2.45) is 5.92 Å². The van der Waals surface area contributed by atoms with Crippen LogP contribution in [0.15, 0.2) is 24.4 Å². The van der Waals surface area contributed by atoms with Crippen molar-refractivity contribution >= 4 is 22.8 Å². The minimum atomic E-state index is -0.211. The predicted molar refractivity (Wildman–Crippen MR) is 98.8 cm³/mol. The van der Waals surface area contributed by atoms with Crippen molar-refractivity contribution in [2.45, 2.75) is 31.7 Å². The number of H-pyrrole nitrogens is 1. The van der Waals surface area contributed by atoms with Crippen LogP contribution in [0.3, 0.4) is 0 Å². The van der Waals surface area contributed by atoms with Crippen LogP contribution in [0.5, 0.6) is 0 Å². The van der Waals surface area contributed by atoms with Gasteiger partial charge in [0.1, 0.15) is 0 Å². The molecular weight excluding hydrogens is 314 g/mol. The minimum absolute atomic E-state index is 0.0935. The molecule has 0 bridgehead atoms. The Morgan fingerprint density at radius 2 is 2.28 bits per heavy atom. The van der Waals surface area contributed by atoms with E-state index in [0.29, 0.717) is 24.4 Å². The van der Waals surface area contributed by atoms with Crippen molar-refractivity contribution in [2.75, 3.05) is 20.1 Å². The second-order valence-electron chi connectivity index (χ2n) is 7.44. The van der Waals surface area contributed by atoms with Gasteiger partial charge in [-0.15, -0.1) is 0 Å². The fraction of sp³-hybridized carbons (Fsp3) is 0.474. The topological polar surface area (TPSA) is 84.0 Å². The molecule has 25 heavy (non-hydrogen) atoms. The molecule has 6 heteroatoms. The zero-order chi connectivity index (χ0) is 17.6. The number of carbonyl (C=O) groups is 1. The van der Waals surface area contributed by atoms with E-state index in [-0.39, 0.29) is 11.9 Å². The van der Waals surface area contributed by atoms with Crippen molar-refractivity contribution < 1.29 is 4.79 Å². The molecule has 1 amide bonds. The van der Waals surface area contributed by atoms with Crippen molar-refractivity contribution in [3.63, 3.8) is 0 Å². The van der Waals surface area contributed by atoms with E-state index in [2.05, 4.69) is 52.0 Å². The Labute approximate surface area is 147 Å². The zero-order valence-corrected chi connectivity index (χ0v) is 14.7. The molecule has 4 rings (SSSR count). The van der Waals surface area contributed by atoms with Gasteiger partial charge in [-0.2, -0.15) is 0 Å². The lowest BCUT2D eigenvalue weighted by Gasteiger charge is -2.45. The van der Waals surface area contributed by atoms with E-state index in [0.717, 1.165) is 19.4 Å². The molecule has 132 valence electrons. The molecule has 0 radical (unpaired) electrons. The number of amides is 1. The Kier molecular flexibility index (Phi) is 4.00. The highest BCUT2D eigenvalue weighted by atomic mass is 16.1. The average Bonchev–Trinajstić information content (AvgIpc) is 2.98. The summed E-state index contributed by atoms with van der Waals surface area (Å²) >= 11 is 0. The summed E-state index contributed by atoms with van der Waals surface area (Å²) in [5.74, 6) is 0.858. The zero-order valence-electron chi connectivity index (χ0n) is 14.7. The maximum Gasteiger partial charge on any atom is 0.223 e. The maximum absolute atomic E-state index is 11.0. The number of fused-ring (bicyclic) bond motifs is 2. The van der Waals surface area contributed by atoms with E-state index in [9.17, 15) is 4.79 Å². The van der Waals surface area contributed by atoms with Crippen LogP contribution >= 0.6 is 0 Å². The quantitative estimate of drug-likeness (QED) is 0.497. The number of benzene rings is 1. The number of likely N-dealkylation sites (tertiary alicyclic amines) is 1. The van der Waals surface area contributed by atoms with Crippen LogP contribution in [0.2, 0.25) is 0 Å². The van der Waals surface area contributed by atoms with Crippen LogP contribution in [-0.4, -0.2) is 47.9 Å². The number of guanidine groups is 1. The number of nitrogens with one attached hydrogen (secondary N) is 4. The van der Waals surface area contributed by atoms with E-state index < -0.39 is 0 Å². The molecule has 4 N–H and O–H groups in total. The lowest BCUT2D eigenvalue weighted by Crippen LogP contribution is -2.51. The van der Waals surface area contributed by atoms with Crippen LogP contribution in [0.4, 0.5) is 0 Å². The van der Waals surface area contributed by atoms with Crippen LogP contribution < -0.4 is 10.6 Å². The fourth-order valence-electron chi connectivity index (χ4n) is 4.67. The molecule has 1 saturated heterocycles. The van der Waals surface area contributed by atoms with E-state index >= 15 is 0 Å². The molecule has 1 aliphatic carbocycles. The number of nitrogens with zero attached hydrogens (tertiary/aromatic N) is 1. The predicted octanol–water partition coefficient (Wildman–Crippen LogP) is 1.79. The first-order valence-corrected chi connectivity index (χ1v) is 8.92. The molecule has 2 aromatic rings. The van der Waals surface area contributed by atoms with Gasteiger partial charge in [-0.25, -0.2) is 0 Å². The van der Waals surface area contributed by atoms with Gasteiger partial charge in [0, 0.05) is 49.1 Å². The number of hydrogen-bond acceptors (Lipinski definition) is 3. The second-order valence-corrected chi connectivity index (χ2v) is 7.44. The van der Waals surface area contributed by atoms with Gasteiger partial charge in [-0.3, -0.25) is 15.5 Å². The Morgan fingerprint density at radius 3 is 3.08 bits per heavy atom. The Balaban J connectivity index is 1.53. The largest absolute Gasteiger partial charge is 0.361 e. The van der Waals surface area contributed by atoms with Gasteiger partial charge in [0.15, 0.2) is 5.96 Å².